The largest absolute Gasteiger partial charge is 0.481 e. The molecule has 2 aliphatic rings. The SMILES string of the molecule is O=C(O)C1CCN(C(=O)c2ccc(S(=O)(=O)N3CCCCC3)cc2)C1. The first kappa shape index (κ1) is 17.9. The molecule has 2 heterocycles. The Bertz CT molecular complexity index is 754. The van der Waals surface area contributed by atoms with Gasteiger partial charge in [-0.25, -0.2) is 8.42 Å². The zero-order valence-electron chi connectivity index (χ0n) is 13.9. The maximum Gasteiger partial charge on any atom is 0.308 e. The van der Waals surface area contributed by atoms with Gasteiger partial charge in [0.25, 0.3) is 5.91 Å². The molecule has 1 unspecified atom stereocenters. The van der Waals surface area contributed by atoms with Crippen molar-refractivity contribution in [2.24, 2.45) is 5.92 Å². The summed E-state index contributed by atoms with van der Waals surface area (Å²) < 4.78 is 26.7. The van der Waals surface area contributed by atoms with E-state index in [1.807, 2.05) is 0 Å². The van der Waals surface area contributed by atoms with E-state index in [0.29, 0.717) is 31.6 Å². The number of nitrogens with zero attached hydrogens (tertiary/aromatic N) is 2. The van der Waals surface area contributed by atoms with Crippen LogP contribution in [-0.2, 0) is 14.8 Å². The van der Waals surface area contributed by atoms with Crippen molar-refractivity contribution in [3.63, 3.8) is 0 Å². The van der Waals surface area contributed by atoms with Gasteiger partial charge in [0, 0.05) is 31.7 Å². The van der Waals surface area contributed by atoms with Gasteiger partial charge in [0.15, 0.2) is 0 Å². The molecular weight excluding hydrogens is 344 g/mol. The number of carbonyl (C=O) groups is 2. The molecule has 0 aliphatic carbocycles. The molecule has 1 aromatic carbocycles. The molecule has 2 fully saturated rings. The van der Waals surface area contributed by atoms with E-state index in [2.05, 4.69) is 0 Å². The lowest BCUT2D eigenvalue weighted by atomic mass is 10.1. The topological polar surface area (TPSA) is 95.0 Å². The molecule has 0 spiro atoms. The summed E-state index contributed by atoms with van der Waals surface area (Å²) in [5, 5.41) is 9.02. The molecule has 7 nitrogen and oxygen atoms in total. The van der Waals surface area contributed by atoms with Crippen LogP contribution in [0.4, 0.5) is 0 Å². The van der Waals surface area contributed by atoms with Crippen LogP contribution in [0.2, 0.25) is 0 Å². The van der Waals surface area contributed by atoms with Crippen LogP contribution in [0.3, 0.4) is 0 Å². The Hall–Kier alpha value is -1.93. The van der Waals surface area contributed by atoms with Crippen LogP contribution in [0.5, 0.6) is 0 Å². The molecule has 3 rings (SSSR count). The molecule has 1 aromatic rings. The molecule has 1 amide bonds. The number of hydrogen-bond acceptors (Lipinski definition) is 4. The third kappa shape index (κ3) is 3.69. The van der Waals surface area contributed by atoms with Crippen LogP contribution in [0.15, 0.2) is 29.2 Å². The first-order valence-corrected chi connectivity index (χ1v) is 9.96. The van der Waals surface area contributed by atoms with Crippen molar-refractivity contribution in [1.82, 2.24) is 9.21 Å². The fourth-order valence-corrected chi connectivity index (χ4v) is 4.87. The van der Waals surface area contributed by atoms with Crippen molar-refractivity contribution in [3.05, 3.63) is 29.8 Å². The molecule has 2 saturated heterocycles. The molecule has 0 saturated carbocycles. The van der Waals surface area contributed by atoms with E-state index in [4.69, 9.17) is 5.11 Å². The summed E-state index contributed by atoms with van der Waals surface area (Å²) in [5.74, 6) is -1.67. The number of carbonyl (C=O) groups excluding carboxylic acids is 1. The Morgan fingerprint density at radius 1 is 1.00 bits per heavy atom. The first-order chi connectivity index (χ1) is 11.9. The summed E-state index contributed by atoms with van der Waals surface area (Å²) in [4.78, 5) is 25.2. The number of sulfonamides is 1. The Balaban J connectivity index is 1.72. The molecule has 0 bridgehead atoms. The van der Waals surface area contributed by atoms with E-state index < -0.39 is 21.9 Å². The number of aliphatic carboxylic acids is 1. The minimum Gasteiger partial charge on any atom is -0.481 e. The van der Waals surface area contributed by atoms with E-state index in [1.165, 1.54) is 33.5 Å². The fourth-order valence-electron chi connectivity index (χ4n) is 3.35. The van der Waals surface area contributed by atoms with Gasteiger partial charge in [-0.05, 0) is 43.5 Å². The number of amides is 1. The zero-order chi connectivity index (χ0) is 18.0. The van der Waals surface area contributed by atoms with Crippen molar-refractivity contribution in [2.75, 3.05) is 26.2 Å². The molecular formula is C17H22N2O5S. The molecule has 1 atom stereocenters. The predicted molar refractivity (Wildman–Crippen MR) is 90.7 cm³/mol. The second-order valence-electron chi connectivity index (χ2n) is 6.56. The Morgan fingerprint density at radius 3 is 2.20 bits per heavy atom. The molecule has 1 N–H and O–H groups in total. The van der Waals surface area contributed by atoms with E-state index in [9.17, 15) is 18.0 Å². The number of carboxylic acids is 1. The average Bonchev–Trinajstić information content (AvgIpc) is 3.12. The van der Waals surface area contributed by atoms with Gasteiger partial charge in [-0.3, -0.25) is 9.59 Å². The maximum absolute atomic E-state index is 12.6. The smallest absolute Gasteiger partial charge is 0.308 e. The number of benzene rings is 1. The van der Waals surface area contributed by atoms with Crippen LogP contribution < -0.4 is 0 Å². The molecule has 25 heavy (non-hydrogen) atoms. The highest BCUT2D eigenvalue weighted by Crippen LogP contribution is 2.23. The predicted octanol–water partition coefficient (Wildman–Crippen LogP) is 1.41. The van der Waals surface area contributed by atoms with Crippen LogP contribution in [0, 0.1) is 5.92 Å². The van der Waals surface area contributed by atoms with E-state index in [-0.39, 0.29) is 17.3 Å². The van der Waals surface area contributed by atoms with Crippen LogP contribution >= 0.6 is 0 Å². The molecule has 2 aliphatic heterocycles. The third-order valence-corrected chi connectivity index (χ3v) is 6.79. The van der Waals surface area contributed by atoms with Gasteiger partial charge in [-0.2, -0.15) is 4.31 Å². The Kier molecular flexibility index (Phi) is 5.10. The monoisotopic (exact) mass is 366 g/mol. The van der Waals surface area contributed by atoms with Crippen molar-refractivity contribution in [3.8, 4) is 0 Å². The summed E-state index contributed by atoms with van der Waals surface area (Å²) in [6, 6.07) is 5.93. The lowest BCUT2D eigenvalue weighted by Crippen LogP contribution is -2.35. The van der Waals surface area contributed by atoms with Crippen LogP contribution in [0.25, 0.3) is 0 Å². The quantitative estimate of drug-likeness (QED) is 0.869. The number of hydrogen-bond donors (Lipinski definition) is 1. The summed E-state index contributed by atoms with van der Waals surface area (Å²) in [5.41, 5.74) is 0.378. The van der Waals surface area contributed by atoms with E-state index >= 15 is 0 Å². The third-order valence-electron chi connectivity index (χ3n) is 4.88. The molecule has 136 valence electrons. The number of carboxylic acid groups (broad SMARTS) is 1. The molecule has 0 aromatic heterocycles. The lowest BCUT2D eigenvalue weighted by molar-refractivity contribution is -0.141. The Labute approximate surface area is 147 Å². The van der Waals surface area contributed by atoms with Crippen molar-refractivity contribution in [1.29, 1.82) is 0 Å². The minimum atomic E-state index is -3.51. The summed E-state index contributed by atoms with van der Waals surface area (Å²) in [6.07, 6.45) is 3.24. The van der Waals surface area contributed by atoms with Gasteiger partial charge in [0.05, 0.1) is 10.8 Å². The van der Waals surface area contributed by atoms with Gasteiger partial charge in [0.2, 0.25) is 10.0 Å². The summed E-state index contributed by atoms with van der Waals surface area (Å²) in [6.45, 7) is 1.67. The van der Waals surface area contributed by atoms with Crippen molar-refractivity contribution in [2.45, 2.75) is 30.6 Å². The lowest BCUT2D eigenvalue weighted by Gasteiger charge is -2.26. The Morgan fingerprint density at radius 2 is 1.64 bits per heavy atom. The van der Waals surface area contributed by atoms with Crippen LogP contribution in [-0.4, -0.2) is 60.8 Å². The normalized spacial score (nSPS) is 22.1. The van der Waals surface area contributed by atoms with Gasteiger partial charge in [0.1, 0.15) is 0 Å². The van der Waals surface area contributed by atoms with E-state index in [1.54, 1.807) is 0 Å². The second kappa shape index (κ2) is 7.13. The van der Waals surface area contributed by atoms with E-state index in [0.717, 1.165) is 19.3 Å². The average molecular weight is 366 g/mol. The maximum atomic E-state index is 12.6. The summed E-state index contributed by atoms with van der Waals surface area (Å²) in [7, 11) is -3.51. The molecule has 8 heteroatoms. The number of rotatable bonds is 4. The fraction of sp³-hybridized carbons (Fsp3) is 0.529. The second-order valence-corrected chi connectivity index (χ2v) is 8.50. The minimum absolute atomic E-state index is 0.191. The zero-order valence-corrected chi connectivity index (χ0v) is 14.7. The number of likely N-dealkylation sites (tertiary alicyclic amines) is 1. The highest BCUT2D eigenvalue weighted by atomic mass is 32.2. The number of piperidine rings is 1. The highest BCUT2D eigenvalue weighted by Gasteiger charge is 2.31. The first-order valence-electron chi connectivity index (χ1n) is 8.52. The molecule has 0 radical (unpaired) electrons. The van der Waals surface area contributed by atoms with Crippen LogP contribution in [0.1, 0.15) is 36.0 Å². The van der Waals surface area contributed by atoms with Gasteiger partial charge >= 0.3 is 5.97 Å². The van der Waals surface area contributed by atoms with Gasteiger partial charge < -0.3 is 10.0 Å². The van der Waals surface area contributed by atoms with Crippen molar-refractivity contribution < 1.29 is 23.1 Å². The highest BCUT2D eigenvalue weighted by molar-refractivity contribution is 7.89. The summed E-state index contributed by atoms with van der Waals surface area (Å²) >= 11 is 0. The van der Waals surface area contributed by atoms with Gasteiger partial charge in [-0.15, -0.1) is 0 Å². The standard InChI is InChI=1S/C17H22N2O5S/c20-16(18-11-8-14(12-18)17(21)22)13-4-6-15(7-5-13)25(23,24)19-9-2-1-3-10-19/h4-7,14H,1-3,8-12H2,(H,21,22). The van der Waals surface area contributed by atoms with Gasteiger partial charge in [-0.1, -0.05) is 6.42 Å². The van der Waals surface area contributed by atoms with Crippen molar-refractivity contribution >= 4 is 21.9 Å².